The van der Waals surface area contributed by atoms with E-state index in [-0.39, 0.29) is 0 Å². The average molecular weight is 253 g/mol. The minimum absolute atomic E-state index is 0.543. The lowest BCUT2D eigenvalue weighted by Crippen LogP contribution is -1.86. The number of nitrogens with one attached hydrogen (secondary N) is 1. The molecule has 0 aliphatic heterocycles. The van der Waals surface area contributed by atoms with Crippen molar-refractivity contribution in [1.82, 2.24) is 4.98 Å². The normalized spacial score (nSPS) is 11.6. The van der Waals surface area contributed by atoms with Crippen molar-refractivity contribution in [1.29, 1.82) is 0 Å². The first-order chi connectivity index (χ1) is 9.10. The molecular weight excluding hydrogens is 234 g/mol. The first kappa shape index (κ1) is 12.1. The number of aryl methyl sites for hydroxylation is 1. The Balaban J connectivity index is 2.40. The molecule has 2 nitrogen and oxygen atoms in total. The number of H-pyrrole nitrogens is 1. The van der Waals surface area contributed by atoms with Crippen molar-refractivity contribution in [2.45, 2.75) is 26.7 Å². The Morgan fingerprint density at radius 2 is 1.84 bits per heavy atom. The van der Waals surface area contributed by atoms with Crippen LogP contribution >= 0.6 is 0 Å². The van der Waals surface area contributed by atoms with Gasteiger partial charge < -0.3 is 9.72 Å². The van der Waals surface area contributed by atoms with E-state index in [1.807, 2.05) is 0 Å². The molecule has 3 rings (SSSR count). The summed E-state index contributed by atoms with van der Waals surface area (Å²) in [6.45, 7) is 6.55. The zero-order chi connectivity index (χ0) is 13.6. The van der Waals surface area contributed by atoms with Gasteiger partial charge >= 0.3 is 0 Å². The fourth-order valence-corrected chi connectivity index (χ4v) is 2.64. The van der Waals surface area contributed by atoms with Crippen LogP contribution in [0.15, 0.2) is 30.3 Å². The van der Waals surface area contributed by atoms with E-state index >= 15 is 0 Å². The van der Waals surface area contributed by atoms with Crippen LogP contribution in [0.4, 0.5) is 0 Å². The molecule has 0 radical (unpaired) electrons. The van der Waals surface area contributed by atoms with Crippen LogP contribution in [0, 0.1) is 6.92 Å². The lowest BCUT2D eigenvalue weighted by atomic mass is 10.0. The van der Waals surface area contributed by atoms with E-state index in [2.05, 4.69) is 56.1 Å². The largest absolute Gasteiger partial charge is 0.495 e. The van der Waals surface area contributed by atoms with Crippen LogP contribution in [0.2, 0.25) is 0 Å². The smallest absolute Gasteiger partial charge is 0.143 e. The highest BCUT2D eigenvalue weighted by Crippen LogP contribution is 2.34. The number of hydrogen-bond donors (Lipinski definition) is 1. The van der Waals surface area contributed by atoms with Crippen molar-refractivity contribution in [3.05, 3.63) is 41.5 Å². The molecule has 1 N–H and O–H groups in total. The molecule has 0 unspecified atom stereocenters. The van der Waals surface area contributed by atoms with Crippen LogP contribution in [0.25, 0.3) is 21.8 Å². The summed E-state index contributed by atoms with van der Waals surface area (Å²) in [5.41, 5.74) is 4.85. The van der Waals surface area contributed by atoms with Crippen LogP contribution in [0.1, 0.15) is 30.9 Å². The molecule has 0 aliphatic carbocycles. The molecule has 3 aromatic rings. The van der Waals surface area contributed by atoms with Crippen LogP contribution in [0.3, 0.4) is 0 Å². The number of fused-ring (bicyclic) bond motifs is 3. The summed E-state index contributed by atoms with van der Waals surface area (Å²) >= 11 is 0. The van der Waals surface area contributed by atoms with E-state index in [0.717, 1.165) is 11.3 Å². The van der Waals surface area contributed by atoms with Crippen LogP contribution in [-0.2, 0) is 0 Å². The number of ether oxygens (including phenoxy) is 1. The maximum atomic E-state index is 5.48. The van der Waals surface area contributed by atoms with Gasteiger partial charge in [0, 0.05) is 16.3 Å². The summed E-state index contributed by atoms with van der Waals surface area (Å²) in [5.74, 6) is 1.46. The fraction of sp³-hybridized carbons (Fsp3) is 0.294. The third kappa shape index (κ3) is 1.88. The Kier molecular flexibility index (Phi) is 2.74. The fourth-order valence-electron chi connectivity index (χ4n) is 2.64. The summed E-state index contributed by atoms with van der Waals surface area (Å²) in [6, 6.07) is 10.9. The summed E-state index contributed by atoms with van der Waals surface area (Å²) in [4.78, 5) is 3.47. The zero-order valence-corrected chi connectivity index (χ0v) is 11.9. The number of benzene rings is 2. The Morgan fingerprint density at radius 3 is 2.53 bits per heavy atom. The quantitative estimate of drug-likeness (QED) is 0.699. The minimum Gasteiger partial charge on any atom is -0.495 e. The number of methoxy groups -OCH3 is 1. The topological polar surface area (TPSA) is 25.0 Å². The molecule has 0 amide bonds. The molecule has 0 aliphatic rings. The predicted octanol–water partition coefficient (Wildman–Crippen LogP) is 4.76. The van der Waals surface area contributed by atoms with Gasteiger partial charge in [-0.1, -0.05) is 19.9 Å². The Labute approximate surface area is 113 Å². The Morgan fingerprint density at radius 1 is 1.05 bits per heavy atom. The lowest BCUT2D eigenvalue weighted by Gasteiger charge is -2.05. The highest BCUT2D eigenvalue weighted by Gasteiger charge is 2.11. The molecule has 0 spiro atoms. The highest BCUT2D eigenvalue weighted by molar-refractivity contribution is 6.09. The van der Waals surface area contributed by atoms with E-state index < -0.39 is 0 Å². The van der Waals surface area contributed by atoms with Crippen LogP contribution in [0.5, 0.6) is 5.75 Å². The van der Waals surface area contributed by atoms with Crippen molar-refractivity contribution in [3.63, 3.8) is 0 Å². The lowest BCUT2D eigenvalue weighted by molar-refractivity contribution is 0.419. The maximum Gasteiger partial charge on any atom is 0.143 e. The van der Waals surface area contributed by atoms with E-state index in [4.69, 9.17) is 4.74 Å². The molecule has 0 atom stereocenters. The number of aromatic amines is 1. The average Bonchev–Trinajstić information content (AvgIpc) is 2.75. The molecule has 0 bridgehead atoms. The zero-order valence-electron chi connectivity index (χ0n) is 11.9. The van der Waals surface area contributed by atoms with Crippen molar-refractivity contribution in [2.75, 3.05) is 7.11 Å². The second-order valence-corrected chi connectivity index (χ2v) is 5.47. The summed E-state index contributed by atoms with van der Waals surface area (Å²) in [7, 11) is 1.72. The first-order valence-electron chi connectivity index (χ1n) is 6.70. The number of hydrogen-bond acceptors (Lipinski definition) is 1. The summed E-state index contributed by atoms with van der Waals surface area (Å²) in [5, 5.41) is 2.53. The molecule has 0 fully saturated rings. The van der Waals surface area contributed by atoms with E-state index in [1.54, 1.807) is 7.11 Å². The van der Waals surface area contributed by atoms with Gasteiger partial charge in [0.2, 0.25) is 0 Å². The summed E-state index contributed by atoms with van der Waals surface area (Å²) < 4.78 is 5.48. The van der Waals surface area contributed by atoms with Gasteiger partial charge in [-0.2, -0.15) is 0 Å². The number of aromatic nitrogens is 1. The van der Waals surface area contributed by atoms with E-state index in [9.17, 15) is 0 Å². The summed E-state index contributed by atoms with van der Waals surface area (Å²) in [6.07, 6.45) is 0. The van der Waals surface area contributed by atoms with Gasteiger partial charge in [0.15, 0.2) is 0 Å². The third-order valence-corrected chi connectivity index (χ3v) is 3.73. The molecule has 1 aromatic heterocycles. The van der Waals surface area contributed by atoms with Gasteiger partial charge in [0.05, 0.1) is 12.6 Å². The van der Waals surface area contributed by atoms with Crippen LogP contribution < -0.4 is 4.74 Å². The standard InChI is InChI=1S/C17H19NO/c1-10(2)12-5-6-15-13(9-12)14-7-11(3)8-16(19-4)17(14)18-15/h5-10,18H,1-4H3. The third-order valence-electron chi connectivity index (χ3n) is 3.73. The monoisotopic (exact) mass is 253 g/mol. The van der Waals surface area contributed by atoms with Crippen molar-refractivity contribution < 1.29 is 4.74 Å². The molecule has 2 heteroatoms. The van der Waals surface area contributed by atoms with E-state index in [0.29, 0.717) is 5.92 Å². The Hall–Kier alpha value is -1.96. The van der Waals surface area contributed by atoms with Gasteiger partial charge in [-0.15, -0.1) is 0 Å². The molecule has 0 saturated carbocycles. The minimum atomic E-state index is 0.543. The highest BCUT2D eigenvalue weighted by atomic mass is 16.5. The number of rotatable bonds is 2. The van der Waals surface area contributed by atoms with E-state index in [1.165, 1.54) is 27.4 Å². The second-order valence-electron chi connectivity index (χ2n) is 5.47. The van der Waals surface area contributed by atoms with Gasteiger partial charge in [0.25, 0.3) is 0 Å². The molecule has 98 valence electrons. The molecule has 2 aromatic carbocycles. The second kappa shape index (κ2) is 4.30. The molecule has 19 heavy (non-hydrogen) atoms. The van der Waals surface area contributed by atoms with Crippen molar-refractivity contribution >= 4 is 21.8 Å². The molecular formula is C17H19NO. The van der Waals surface area contributed by atoms with Crippen LogP contribution in [-0.4, -0.2) is 12.1 Å². The van der Waals surface area contributed by atoms with Gasteiger partial charge in [0.1, 0.15) is 5.75 Å². The predicted molar refractivity (Wildman–Crippen MR) is 81.2 cm³/mol. The van der Waals surface area contributed by atoms with Crippen molar-refractivity contribution in [2.24, 2.45) is 0 Å². The van der Waals surface area contributed by atoms with Gasteiger partial charge in [-0.3, -0.25) is 0 Å². The Bertz CT molecular complexity index is 753. The SMILES string of the molecule is COc1cc(C)cc2c1[nH]c1ccc(C(C)C)cc12. The maximum absolute atomic E-state index is 5.48. The van der Waals surface area contributed by atoms with Crippen molar-refractivity contribution in [3.8, 4) is 5.75 Å². The first-order valence-corrected chi connectivity index (χ1v) is 6.70. The van der Waals surface area contributed by atoms with Gasteiger partial charge in [-0.05, 0) is 48.2 Å². The van der Waals surface area contributed by atoms with Gasteiger partial charge in [-0.25, -0.2) is 0 Å². The molecule has 1 heterocycles. The molecule has 0 saturated heterocycles.